The van der Waals surface area contributed by atoms with E-state index in [9.17, 15) is 0 Å². The average molecular weight is 343 g/mol. The van der Waals surface area contributed by atoms with Crippen LogP contribution >= 0.6 is 22.6 Å². The van der Waals surface area contributed by atoms with Crippen LogP contribution in [-0.4, -0.2) is 7.05 Å². The summed E-state index contributed by atoms with van der Waals surface area (Å²) in [6.45, 7) is 7.47. The van der Waals surface area contributed by atoms with Gasteiger partial charge >= 0.3 is 0 Å². The monoisotopic (exact) mass is 343 g/mol. The van der Waals surface area contributed by atoms with Crippen molar-refractivity contribution in [1.82, 2.24) is 5.32 Å². The second-order valence-electron chi connectivity index (χ2n) is 5.32. The highest BCUT2D eigenvalue weighted by atomic mass is 127. The van der Waals surface area contributed by atoms with E-state index >= 15 is 0 Å². The van der Waals surface area contributed by atoms with Gasteiger partial charge in [0, 0.05) is 14.5 Å². The molecule has 0 aliphatic rings. The Kier molecular flexibility index (Phi) is 3.50. The minimum Gasteiger partial charge on any atom is -0.459 e. The second kappa shape index (κ2) is 4.61. The highest BCUT2D eigenvalue weighted by Gasteiger charge is 2.24. The lowest BCUT2D eigenvalue weighted by atomic mass is 9.85. The molecule has 0 aliphatic heterocycles. The minimum absolute atomic E-state index is 0.0991. The zero-order valence-corrected chi connectivity index (χ0v) is 12.9. The number of rotatable bonds is 2. The molecule has 0 saturated carbocycles. The van der Waals surface area contributed by atoms with Gasteiger partial charge in [0.15, 0.2) is 0 Å². The third-order valence-corrected chi connectivity index (χ3v) is 3.48. The van der Waals surface area contributed by atoms with Crippen molar-refractivity contribution in [3.63, 3.8) is 0 Å². The highest BCUT2D eigenvalue weighted by Crippen LogP contribution is 2.36. The summed E-state index contributed by atoms with van der Waals surface area (Å²) in [6.07, 6.45) is 0. The lowest BCUT2D eigenvalue weighted by Gasteiger charge is -2.19. The molecular formula is C14H18INO. The lowest BCUT2D eigenvalue weighted by molar-refractivity contribution is 0.495. The first-order valence-electron chi connectivity index (χ1n) is 5.79. The van der Waals surface area contributed by atoms with Crippen LogP contribution in [0.2, 0.25) is 0 Å². The first kappa shape index (κ1) is 12.9. The molecule has 0 spiro atoms. The summed E-state index contributed by atoms with van der Waals surface area (Å²) < 4.78 is 7.20. The number of halogens is 1. The van der Waals surface area contributed by atoms with Gasteiger partial charge in [0.25, 0.3) is 0 Å². The van der Waals surface area contributed by atoms with Gasteiger partial charge in [0.05, 0.1) is 6.54 Å². The zero-order chi connectivity index (χ0) is 12.6. The second-order valence-corrected chi connectivity index (χ2v) is 6.57. The molecule has 0 unspecified atom stereocenters. The molecule has 1 aromatic heterocycles. The smallest absolute Gasteiger partial charge is 0.134 e. The van der Waals surface area contributed by atoms with E-state index in [4.69, 9.17) is 4.42 Å². The van der Waals surface area contributed by atoms with Crippen LogP contribution in [0.4, 0.5) is 0 Å². The summed E-state index contributed by atoms with van der Waals surface area (Å²) in [5, 5.41) is 4.42. The van der Waals surface area contributed by atoms with E-state index in [0.717, 1.165) is 17.9 Å². The van der Waals surface area contributed by atoms with Gasteiger partial charge in [-0.2, -0.15) is 0 Å². The molecule has 0 atom stereocenters. The van der Waals surface area contributed by atoms with Gasteiger partial charge < -0.3 is 9.73 Å². The Hall–Kier alpha value is -0.550. The summed E-state index contributed by atoms with van der Waals surface area (Å²) in [5.74, 6) is 1.05. The van der Waals surface area contributed by atoms with Gasteiger partial charge in [-0.3, -0.25) is 0 Å². The van der Waals surface area contributed by atoms with Crippen LogP contribution in [0.25, 0.3) is 11.0 Å². The molecular weight excluding hydrogens is 325 g/mol. The van der Waals surface area contributed by atoms with Crippen molar-refractivity contribution >= 4 is 33.6 Å². The van der Waals surface area contributed by atoms with Crippen molar-refractivity contribution in [3.05, 3.63) is 33.1 Å². The number of furan rings is 1. The SMILES string of the molecule is CNCc1oc2ccc(I)cc2c1C(C)(C)C. The molecule has 1 N–H and O–H groups in total. The Bertz CT molecular complexity index is 537. The number of hydrogen-bond donors (Lipinski definition) is 1. The Morgan fingerprint density at radius 3 is 2.59 bits per heavy atom. The summed E-state index contributed by atoms with van der Waals surface area (Å²) in [7, 11) is 1.95. The fourth-order valence-corrected chi connectivity index (χ4v) is 2.72. The van der Waals surface area contributed by atoms with Crippen molar-refractivity contribution < 1.29 is 4.42 Å². The molecule has 0 bridgehead atoms. The quantitative estimate of drug-likeness (QED) is 0.832. The summed E-state index contributed by atoms with van der Waals surface area (Å²) in [4.78, 5) is 0. The zero-order valence-electron chi connectivity index (χ0n) is 10.7. The van der Waals surface area contributed by atoms with Crippen molar-refractivity contribution in [3.8, 4) is 0 Å². The van der Waals surface area contributed by atoms with Crippen molar-refractivity contribution in [2.75, 3.05) is 7.05 Å². The first-order valence-corrected chi connectivity index (χ1v) is 6.87. The molecule has 2 rings (SSSR count). The van der Waals surface area contributed by atoms with E-state index < -0.39 is 0 Å². The molecule has 0 aliphatic carbocycles. The number of hydrogen-bond acceptors (Lipinski definition) is 2. The Balaban J connectivity index is 2.73. The standard InChI is InChI=1S/C14H18INO/c1-14(2,3)13-10-7-9(15)5-6-11(10)17-12(13)8-16-4/h5-7,16H,8H2,1-4H3. The van der Waals surface area contributed by atoms with Gasteiger partial charge in [0.1, 0.15) is 11.3 Å². The molecule has 1 heterocycles. The maximum absolute atomic E-state index is 5.96. The Morgan fingerprint density at radius 2 is 2.00 bits per heavy atom. The predicted molar refractivity (Wildman–Crippen MR) is 80.4 cm³/mol. The van der Waals surface area contributed by atoms with E-state index in [0.29, 0.717) is 0 Å². The minimum atomic E-state index is 0.0991. The molecule has 3 heteroatoms. The van der Waals surface area contributed by atoms with E-state index in [1.807, 2.05) is 7.05 Å². The molecule has 1 aromatic carbocycles. The molecule has 2 aromatic rings. The predicted octanol–water partition coefficient (Wildman–Crippen LogP) is 4.05. The third kappa shape index (κ3) is 2.50. The summed E-state index contributed by atoms with van der Waals surface area (Å²) in [6, 6.07) is 6.35. The van der Waals surface area contributed by atoms with Gasteiger partial charge in [0.2, 0.25) is 0 Å². The van der Waals surface area contributed by atoms with Crippen LogP contribution in [-0.2, 0) is 12.0 Å². The molecule has 0 saturated heterocycles. The molecule has 0 amide bonds. The van der Waals surface area contributed by atoms with E-state index in [1.165, 1.54) is 14.5 Å². The van der Waals surface area contributed by atoms with Crippen LogP contribution in [0.3, 0.4) is 0 Å². The molecule has 17 heavy (non-hydrogen) atoms. The molecule has 0 radical (unpaired) electrons. The van der Waals surface area contributed by atoms with Crippen molar-refractivity contribution in [1.29, 1.82) is 0 Å². The Labute approximate surface area is 116 Å². The van der Waals surface area contributed by atoms with E-state index in [-0.39, 0.29) is 5.41 Å². The first-order chi connectivity index (χ1) is 7.93. The van der Waals surface area contributed by atoms with Crippen LogP contribution < -0.4 is 5.32 Å². The maximum Gasteiger partial charge on any atom is 0.134 e. The number of nitrogens with one attached hydrogen (secondary N) is 1. The number of benzene rings is 1. The average Bonchev–Trinajstić information content (AvgIpc) is 2.54. The van der Waals surface area contributed by atoms with E-state index in [1.54, 1.807) is 0 Å². The molecule has 0 fully saturated rings. The lowest BCUT2D eigenvalue weighted by Crippen LogP contribution is -2.15. The summed E-state index contributed by atoms with van der Waals surface area (Å²) in [5.41, 5.74) is 2.41. The van der Waals surface area contributed by atoms with Gasteiger partial charge in [-0.15, -0.1) is 0 Å². The highest BCUT2D eigenvalue weighted by molar-refractivity contribution is 14.1. The van der Waals surface area contributed by atoms with Crippen LogP contribution in [0.5, 0.6) is 0 Å². The van der Waals surface area contributed by atoms with Gasteiger partial charge in [-0.1, -0.05) is 20.8 Å². The van der Waals surface area contributed by atoms with Gasteiger partial charge in [-0.25, -0.2) is 0 Å². The van der Waals surface area contributed by atoms with Crippen molar-refractivity contribution in [2.45, 2.75) is 32.7 Å². The largest absolute Gasteiger partial charge is 0.459 e. The van der Waals surface area contributed by atoms with Gasteiger partial charge in [-0.05, 0) is 53.3 Å². The Morgan fingerprint density at radius 1 is 1.29 bits per heavy atom. The maximum atomic E-state index is 5.96. The van der Waals surface area contributed by atoms with Crippen LogP contribution in [0.15, 0.2) is 22.6 Å². The molecule has 92 valence electrons. The fraction of sp³-hybridized carbons (Fsp3) is 0.429. The van der Waals surface area contributed by atoms with Crippen LogP contribution in [0, 0.1) is 3.57 Å². The molecule has 2 nitrogen and oxygen atoms in total. The normalized spacial score (nSPS) is 12.3. The van der Waals surface area contributed by atoms with E-state index in [2.05, 4.69) is 66.9 Å². The van der Waals surface area contributed by atoms with Crippen LogP contribution in [0.1, 0.15) is 32.1 Å². The summed E-state index contributed by atoms with van der Waals surface area (Å²) >= 11 is 2.35. The fourth-order valence-electron chi connectivity index (χ4n) is 2.23. The third-order valence-electron chi connectivity index (χ3n) is 2.81. The number of fused-ring (bicyclic) bond motifs is 1. The van der Waals surface area contributed by atoms with Crippen molar-refractivity contribution in [2.24, 2.45) is 0 Å². The topological polar surface area (TPSA) is 25.2 Å².